The molecule has 12 heteroatoms. The van der Waals surface area contributed by atoms with E-state index in [0.29, 0.717) is 47.7 Å². The molecule has 0 spiro atoms. The first-order valence-corrected chi connectivity index (χ1v) is 26.4. The average Bonchev–Trinajstić information content (AvgIpc) is 3.96. The lowest BCUT2D eigenvalue weighted by molar-refractivity contribution is 0.0122. The van der Waals surface area contributed by atoms with Crippen LogP contribution in [-0.2, 0) is 17.7 Å². The number of aryl methyl sites for hydroxylation is 1. The van der Waals surface area contributed by atoms with Crippen LogP contribution in [0.5, 0.6) is 6.01 Å². The minimum atomic E-state index is -2.14. The van der Waals surface area contributed by atoms with E-state index in [2.05, 4.69) is 79.9 Å². The average molecular weight is 913 g/mol. The molecule has 0 N–H and O–H groups in total. The molecule has 9 nitrogen and oxygen atoms in total. The molecule has 3 aliphatic heterocycles. The summed E-state index contributed by atoms with van der Waals surface area (Å²) in [5, 5.41) is 1.86. The zero-order valence-electron chi connectivity index (χ0n) is 40.5. The van der Waals surface area contributed by atoms with Crippen molar-refractivity contribution in [3.8, 4) is 28.6 Å². The van der Waals surface area contributed by atoms with E-state index in [0.717, 1.165) is 79.3 Å². The van der Waals surface area contributed by atoms with Crippen molar-refractivity contribution in [2.24, 2.45) is 5.41 Å². The topological polar surface area (TPSA) is 83.9 Å². The van der Waals surface area contributed by atoms with Crippen LogP contribution in [0.15, 0.2) is 54.7 Å². The molecule has 3 aromatic carbocycles. The molecule has 2 unspecified atom stereocenters. The van der Waals surface area contributed by atoms with E-state index in [9.17, 15) is 4.79 Å². The summed E-state index contributed by atoms with van der Waals surface area (Å²) in [6, 6.07) is 15.2. The van der Waals surface area contributed by atoms with Gasteiger partial charge in [0.2, 0.25) is 0 Å². The van der Waals surface area contributed by atoms with Crippen LogP contribution in [0, 0.1) is 35.4 Å². The van der Waals surface area contributed by atoms with Gasteiger partial charge in [0.25, 0.3) is 0 Å². The molecule has 2 bridgehead atoms. The lowest BCUT2D eigenvalue weighted by Crippen LogP contribution is -2.57. The summed E-state index contributed by atoms with van der Waals surface area (Å²) in [5.41, 5.74) is 8.77. The van der Waals surface area contributed by atoms with Gasteiger partial charge in [-0.15, -0.1) is 5.54 Å². The lowest BCUT2D eigenvalue weighted by atomic mass is 9.91. The first-order valence-electron chi connectivity index (χ1n) is 24.2. The van der Waals surface area contributed by atoms with Gasteiger partial charge in [-0.25, -0.2) is 13.6 Å². The maximum atomic E-state index is 17.9. The predicted molar refractivity (Wildman–Crippen MR) is 263 cm³/mol. The second-order valence-corrected chi connectivity index (χ2v) is 27.3. The Morgan fingerprint density at radius 2 is 1.67 bits per heavy atom. The molecule has 1 aliphatic carbocycles. The van der Waals surface area contributed by atoms with Crippen molar-refractivity contribution in [3.63, 3.8) is 0 Å². The van der Waals surface area contributed by atoms with E-state index in [1.54, 1.807) is 0 Å². The van der Waals surface area contributed by atoms with Gasteiger partial charge in [-0.1, -0.05) is 77.8 Å². The number of carbonyl (C=O) groups is 1. The Morgan fingerprint density at radius 3 is 2.33 bits per heavy atom. The molecule has 4 aliphatic rings. The fraction of sp³-hybridized carbons (Fsp3) is 0.519. The fourth-order valence-electron chi connectivity index (χ4n) is 11.7. The number of halogens is 2. The van der Waals surface area contributed by atoms with Crippen molar-refractivity contribution in [3.05, 3.63) is 88.7 Å². The molecule has 1 saturated carbocycles. The van der Waals surface area contributed by atoms with E-state index in [1.165, 1.54) is 11.6 Å². The van der Waals surface area contributed by atoms with E-state index >= 15 is 8.78 Å². The third kappa shape index (κ3) is 8.66. The third-order valence-electron chi connectivity index (χ3n) is 15.0. The number of fused-ring (bicyclic) bond motifs is 5. The molecule has 1 amide bonds. The number of pyridine rings is 1. The number of ether oxygens (including phenoxy) is 2. The Kier molecular flexibility index (Phi) is 12.2. The first-order chi connectivity index (χ1) is 31.4. The largest absolute Gasteiger partial charge is 0.463 e. The van der Waals surface area contributed by atoms with Gasteiger partial charge in [-0.05, 0) is 117 Å². The Morgan fingerprint density at radius 1 is 0.955 bits per heavy atom. The van der Waals surface area contributed by atoms with Crippen LogP contribution in [0.3, 0.4) is 0 Å². The first kappa shape index (κ1) is 46.0. The number of anilines is 1. The van der Waals surface area contributed by atoms with Crippen molar-refractivity contribution in [1.29, 1.82) is 0 Å². The molecule has 5 heterocycles. The molecule has 2 atom stereocenters. The summed E-state index contributed by atoms with van der Waals surface area (Å²) >= 11 is 0. The highest BCUT2D eigenvalue weighted by Crippen LogP contribution is 2.48. The van der Waals surface area contributed by atoms with E-state index < -0.39 is 25.3 Å². The molecule has 9 rings (SSSR count). The van der Waals surface area contributed by atoms with Crippen LogP contribution in [0.2, 0.25) is 16.6 Å². The summed E-state index contributed by atoms with van der Waals surface area (Å²) in [7, 11) is -2.14. The second-order valence-electron chi connectivity index (χ2n) is 21.7. The molecule has 3 fully saturated rings. The lowest BCUT2D eigenvalue weighted by Gasteiger charge is -2.42. The number of piperazine rings is 1. The second kappa shape index (κ2) is 17.5. The van der Waals surface area contributed by atoms with Gasteiger partial charge in [0.05, 0.1) is 29.9 Å². The maximum absolute atomic E-state index is 17.9. The van der Waals surface area contributed by atoms with E-state index in [1.807, 2.05) is 69.1 Å². The van der Waals surface area contributed by atoms with Crippen molar-refractivity contribution < 1.29 is 23.0 Å². The van der Waals surface area contributed by atoms with Crippen LogP contribution in [0.4, 0.5) is 19.4 Å². The van der Waals surface area contributed by atoms with Crippen molar-refractivity contribution in [2.45, 2.75) is 142 Å². The number of benzene rings is 3. The van der Waals surface area contributed by atoms with Gasteiger partial charge in [0.15, 0.2) is 5.82 Å². The van der Waals surface area contributed by atoms with Gasteiger partial charge in [-0.2, -0.15) is 9.97 Å². The van der Waals surface area contributed by atoms with Crippen LogP contribution >= 0.6 is 0 Å². The van der Waals surface area contributed by atoms with Gasteiger partial charge in [0, 0.05) is 60.7 Å². The number of hydrogen-bond donors (Lipinski definition) is 0. The smallest absolute Gasteiger partial charge is 0.410 e. The van der Waals surface area contributed by atoms with Gasteiger partial charge in [-0.3, -0.25) is 14.8 Å². The maximum Gasteiger partial charge on any atom is 0.410 e. The summed E-state index contributed by atoms with van der Waals surface area (Å²) in [5.74, 6) is 2.56. The minimum Gasteiger partial charge on any atom is -0.463 e. The molecular formula is C54H66F2N6O3Si. The molecule has 5 aromatic rings. The molecule has 0 radical (unpaired) electrons. The Balaban J connectivity index is 1.13. The zero-order chi connectivity index (χ0) is 46.9. The zero-order valence-corrected chi connectivity index (χ0v) is 41.5. The molecular weight excluding hydrogens is 847 g/mol. The number of rotatable bonds is 10. The number of carbonyl (C=O) groups excluding carboxylic acids is 1. The molecule has 348 valence electrons. The molecule has 66 heavy (non-hydrogen) atoms. The predicted octanol–water partition coefficient (Wildman–Crippen LogP) is 11.8. The normalized spacial score (nSPS) is 19.4. The number of aromatic nitrogens is 3. The summed E-state index contributed by atoms with van der Waals surface area (Å²) in [4.78, 5) is 34.3. The summed E-state index contributed by atoms with van der Waals surface area (Å²) in [6.07, 6.45) is 6.06. The monoisotopic (exact) mass is 912 g/mol. The third-order valence-corrected chi connectivity index (χ3v) is 21.3. The standard InChI is InChI=1S/C54H66F2N6O3Si/c1-33(2)66(34(3)4,35(5)6)24-19-38-13-11-14-39-25-36(7)26-42(46(38)39)47-44(55)27-43-49(48(47)56)58-51(64-32-54(20-21-54)31-60-23-18-37-15-12-22-57-45(37)30-60)59-50(43)61-28-40-16-17-41(29-61)62(40)52(63)65-53(8,9)10/h11-15,22,25-27,33-35,40-41H,16-18,20-21,23,28-32H2,1-10H3. The Bertz CT molecular complexity index is 2720. The number of hydrogen-bond acceptors (Lipinski definition) is 8. The summed E-state index contributed by atoms with van der Waals surface area (Å²) in [6.45, 7) is 25.1. The minimum absolute atomic E-state index is 0.000877. The van der Waals surface area contributed by atoms with Crippen molar-refractivity contribution in [2.75, 3.05) is 37.7 Å². The van der Waals surface area contributed by atoms with Gasteiger partial charge >= 0.3 is 12.1 Å². The number of nitrogens with zero attached hydrogens (tertiary/aromatic N) is 6. The van der Waals surface area contributed by atoms with Gasteiger partial charge in [0.1, 0.15) is 30.8 Å². The van der Waals surface area contributed by atoms with Crippen molar-refractivity contribution in [1.82, 2.24) is 24.8 Å². The Labute approximate surface area is 390 Å². The highest BCUT2D eigenvalue weighted by molar-refractivity contribution is 6.90. The van der Waals surface area contributed by atoms with E-state index in [4.69, 9.17) is 19.4 Å². The van der Waals surface area contributed by atoms with Crippen LogP contribution in [0.25, 0.3) is 32.8 Å². The van der Waals surface area contributed by atoms with Crippen LogP contribution in [-0.4, -0.2) is 89.4 Å². The summed E-state index contributed by atoms with van der Waals surface area (Å²) < 4.78 is 47.6. The van der Waals surface area contributed by atoms with Gasteiger partial charge < -0.3 is 14.4 Å². The highest BCUT2D eigenvalue weighted by Gasteiger charge is 2.47. The molecule has 2 aromatic heterocycles. The molecule has 2 saturated heterocycles. The van der Waals surface area contributed by atoms with Crippen LogP contribution in [0.1, 0.15) is 110 Å². The quantitative estimate of drug-likeness (QED) is 0.101. The van der Waals surface area contributed by atoms with E-state index in [-0.39, 0.29) is 46.1 Å². The fourth-order valence-corrected chi connectivity index (χ4v) is 16.9. The number of amides is 1. The highest BCUT2D eigenvalue weighted by atomic mass is 28.3. The SMILES string of the molecule is Cc1cc(-c2c(F)cc3c(N4CC5CCC(C4)N5C(=O)OC(C)(C)C)nc(OCC4(CN5CCc6cccnc6C5)CC4)nc3c2F)c2c(C#C[Si](C(C)C)(C(C)C)C(C)C)cccc2c1. The van der Waals surface area contributed by atoms with Crippen molar-refractivity contribution >= 4 is 41.7 Å². The Hall–Kier alpha value is -5.12. The van der Waals surface area contributed by atoms with Crippen LogP contribution < -0.4 is 9.64 Å².